The lowest BCUT2D eigenvalue weighted by molar-refractivity contribution is -0.647. The summed E-state index contributed by atoms with van der Waals surface area (Å²) in [5, 5.41) is 10.4. The molecule has 8 nitrogen and oxygen atoms in total. The molecule has 174 valence electrons. The Morgan fingerprint density at radius 3 is 2.70 bits per heavy atom. The molecule has 0 saturated heterocycles. The van der Waals surface area contributed by atoms with Gasteiger partial charge in [-0.15, -0.1) is 0 Å². The van der Waals surface area contributed by atoms with Gasteiger partial charge >= 0.3 is 16.1 Å². The van der Waals surface area contributed by atoms with Crippen LogP contribution >= 0.6 is 45.9 Å². The number of nitrogens with zero attached hydrogens (tertiary/aromatic N) is 2. The van der Waals surface area contributed by atoms with Gasteiger partial charge in [-0.3, -0.25) is 14.2 Å². The summed E-state index contributed by atoms with van der Waals surface area (Å²) in [5.74, 6) is -0.865. The third kappa shape index (κ3) is 5.34. The molecule has 3 aromatic rings. The quantitative estimate of drug-likeness (QED) is 0.315. The molecule has 4 rings (SSSR count). The first-order valence-electron chi connectivity index (χ1n) is 9.50. The summed E-state index contributed by atoms with van der Waals surface area (Å²) in [6.07, 6.45) is 4.03. The smallest absolute Gasteiger partial charge is 0.326 e. The van der Waals surface area contributed by atoms with Gasteiger partial charge < -0.3 is 9.84 Å². The molecule has 2 N–H and O–H groups in total. The number of hydrogen-bond acceptors (Lipinski definition) is 7. The van der Waals surface area contributed by atoms with Crippen LogP contribution in [0.2, 0.25) is 9.36 Å². The molecular weight excluding hydrogens is 531 g/mol. The van der Waals surface area contributed by atoms with E-state index < -0.39 is 22.0 Å². The lowest BCUT2D eigenvalue weighted by Crippen LogP contribution is -2.38. The molecule has 0 radical (unpaired) electrons. The Morgan fingerprint density at radius 2 is 2.03 bits per heavy atom. The van der Waals surface area contributed by atoms with Gasteiger partial charge in [-0.25, -0.2) is 0 Å². The first-order valence-corrected chi connectivity index (χ1v) is 13.5. The van der Waals surface area contributed by atoms with E-state index in [1.165, 1.54) is 32.1 Å². The van der Waals surface area contributed by atoms with Crippen molar-refractivity contribution in [3.63, 3.8) is 0 Å². The molecule has 0 fully saturated rings. The maximum atomic E-state index is 11.6. The predicted molar refractivity (Wildman–Crippen MR) is 130 cm³/mol. The van der Waals surface area contributed by atoms with E-state index >= 15 is 0 Å². The van der Waals surface area contributed by atoms with Crippen LogP contribution in [-0.2, 0) is 20.8 Å². The van der Waals surface area contributed by atoms with E-state index in [-0.39, 0.29) is 6.54 Å². The average Bonchev–Trinajstić information content (AvgIpc) is 3.32. The first-order chi connectivity index (χ1) is 15.5. The zero-order valence-corrected chi connectivity index (χ0v) is 20.9. The molecule has 1 aromatic carbocycles. The Bertz CT molecular complexity index is 1420. The van der Waals surface area contributed by atoms with E-state index in [4.69, 9.17) is 27.9 Å². The number of thiophene rings is 1. The van der Waals surface area contributed by atoms with E-state index in [9.17, 15) is 22.9 Å². The molecule has 0 saturated carbocycles. The summed E-state index contributed by atoms with van der Waals surface area (Å²) >= 11 is 14.7. The maximum absolute atomic E-state index is 11.6. The average molecular weight is 548 g/mol. The van der Waals surface area contributed by atoms with Gasteiger partial charge in [-0.1, -0.05) is 52.8 Å². The molecule has 0 amide bonds. The number of rotatable bonds is 7. The van der Waals surface area contributed by atoms with Crippen molar-refractivity contribution in [2.24, 2.45) is 0 Å². The Kier molecular flexibility index (Phi) is 6.72. The predicted octanol–water partition coefficient (Wildman–Crippen LogP) is 5.02. The fraction of sp³-hybridized carbons (Fsp3) is 0.200. The minimum atomic E-state index is -4.30. The van der Waals surface area contributed by atoms with Crippen LogP contribution in [0.25, 0.3) is 15.6 Å². The molecule has 1 aliphatic rings. The summed E-state index contributed by atoms with van der Waals surface area (Å²) in [7, 11) is -4.30. The van der Waals surface area contributed by atoms with Gasteiger partial charge in [0.05, 0.1) is 5.69 Å². The molecule has 2 aromatic heterocycles. The van der Waals surface area contributed by atoms with Gasteiger partial charge in [0.1, 0.15) is 15.6 Å². The topological polar surface area (TPSA) is 108 Å². The number of carboxylic acid groups (broad SMARTS) is 1. The molecule has 0 spiro atoms. The van der Waals surface area contributed by atoms with Crippen molar-refractivity contribution < 1.29 is 32.2 Å². The summed E-state index contributed by atoms with van der Waals surface area (Å²) in [6, 6.07) is 6.69. The number of fused-ring (bicyclic) bond motifs is 2. The van der Waals surface area contributed by atoms with E-state index in [0.29, 0.717) is 42.9 Å². The second-order valence-electron chi connectivity index (χ2n) is 7.05. The Morgan fingerprint density at radius 1 is 1.27 bits per heavy atom. The van der Waals surface area contributed by atoms with Gasteiger partial charge in [-0.05, 0) is 36.3 Å². The van der Waals surface area contributed by atoms with Crippen LogP contribution in [0.4, 0.5) is 5.69 Å². The van der Waals surface area contributed by atoms with Crippen LogP contribution in [0, 0.1) is 0 Å². The highest BCUT2D eigenvalue weighted by molar-refractivity contribution is 7.84. The van der Waals surface area contributed by atoms with Gasteiger partial charge in [-0.2, -0.15) is 13.0 Å². The van der Waals surface area contributed by atoms with Crippen molar-refractivity contribution >= 4 is 83.3 Å². The van der Waals surface area contributed by atoms with Crippen LogP contribution in [0.3, 0.4) is 0 Å². The molecule has 0 bridgehead atoms. The van der Waals surface area contributed by atoms with Crippen LogP contribution in [0.15, 0.2) is 41.8 Å². The number of halogens is 2. The molecule has 0 atom stereocenters. The lowest BCUT2D eigenvalue weighted by atomic mass is 10.2. The number of benzene rings is 1. The highest BCUT2D eigenvalue weighted by Gasteiger charge is 2.30. The molecule has 3 heterocycles. The number of allylic oxidation sites excluding steroid dienone is 2. The van der Waals surface area contributed by atoms with Crippen molar-refractivity contribution in [1.29, 1.82) is 0 Å². The minimum Gasteiger partial charge on any atom is -0.480 e. The van der Waals surface area contributed by atoms with Crippen molar-refractivity contribution in [3.05, 3.63) is 56.2 Å². The third-order valence-corrected chi connectivity index (χ3v) is 7.99. The molecule has 1 aliphatic heterocycles. The molecule has 33 heavy (non-hydrogen) atoms. The third-order valence-electron chi connectivity index (χ3n) is 4.68. The molecule has 13 heteroatoms. The van der Waals surface area contributed by atoms with Gasteiger partial charge in [0.2, 0.25) is 5.88 Å². The molecule has 0 unspecified atom stereocenters. The molecule has 0 aliphatic carbocycles. The lowest BCUT2D eigenvalue weighted by Gasteiger charge is -2.16. The fourth-order valence-electron chi connectivity index (χ4n) is 3.30. The number of aliphatic carboxylic acids is 1. The van der Waals surface area contributed by atoms with Crippen molar-refractivity contribution in [3.8, 4) is 5.75 Å². The summed E-state index contributed by atoms with van der Waals surface area (Å²) in [4.78, 5) is 13.6. The second-order valence-corrected chi connectivity index (χ2v) is 11.6. The van der Waals surface area contributed by atoms with Crippen molar-refractivity contribution in [2.45, 2.75) is 19.2 Å². The number of anilines is 1. The van der Waals surface area contributed by atoms with E-state index in [1.54, 1.807) is 36.4 Å². The van der Waals surface area contributed by atoms with E-state index in [0.717, 1.165) is 10.3 Å². The van der Waals surface area contributed by atoms with Crippen molar-refractivity contribution in [1.82, 2.24) is 0 Å². The SMILES string of the molecule is CCC(=Cc1sc2cc(Cl)sc2[n+]1CS(=O)(=O)O)C=C1Oc2ccc(Cl)cc2N1CC(=O)O. The van der Waals surface area contributed by atoms with E-state index in [1.807, 2.05) is 6.92 Å². The first kappa shape index (κ1) is 24.0. The van der Waals surface area contributed by atoms with Crippen LogP contribution in [0.1, 0.15) is 18.4 Å². The maximum Gasteiger partial charge on any atom is 0.326 e. The number of aromatic nitrogens is 1. The van der Waals surface area contributed by atoms with E-state index in [2.05, 4.69) is 0 Å². The van der Waals surface area contributed by atoms with Gasteiger partial charge in [0, 0.05) is 17.2 Å². The number of carbonyl (C=O) groups is 1. The minimum absolute atomic E-state index is 0.311. The van der Waals surface area contributed by atoms with Crippen molar-refractivity contribution in [2.75, 3.05) is 11.4 Å². The van der Waals surface area contributed by atoms with Crippen LogP contribution < -0.4 is 14.2 Å². The molecular formula is C20H17Cl2N2O6S3+. The number of carboxylic acids is 1. The summed E-state index contributed by atoms with van der Waals surface area (Å²) in [6.45, 7) is 1.58. The monoisotopic (exact) mass is 547 g/mol. The second kappa shape index (κ2) is 9.24. The Hall–Kier alpha value is -2.15. The fourth-order valence-corrected chi connectivity index (χ4v) is 6.87. The Balaban J connectivity index is 1.78. The number of thiazole rings is 1. The normalized spacial score (nSPS) is 15.3. The number of hydrogen-bond donors (Lipinski definition) is 2. The number of ether oxygens (including phenoxy) is 1. The highest BCUT2D eigenvalue weighted by atomic mass is 35.5. The van der Waals surface area contributed by atoms with Gasteiger partial charge in [0.25, 0.3) is 15.7 Å². The zero-order chi connectivity index (χ0) is 23.9. The summed E-state index contributed by atoms with van der Waals surface area (Å²) < 4.78 is 41.3. The largest absolute Gasteiger partial charge is 0.480 e. The Labute approximate surface area is 207 Å². The zero-order valence-electron chi connectivity index (χ0n) is 17.0. The standard InChI is InChI=1S/C20H16Cl2N2O6S3/c1-2-11(5-17-23(9-19(25)26)13-7-12(21)3-4-14(13)30-17)6-18-24(10-33(27,28)29)20-15(31-18)8-16(22)32-20/h3-8H,2,9-10H2,1H3,(H-,25,26,27,28,29)/p+1. The van der Waals surface area contributed by atoms with Gasteiger partial charge in [0.15, 0.2) is 5.75 Å². The summed E-state index contributed by atoms with van der Waals surface area (Å²) in [5.41, 5.74) is 1.29. The van der Waals surface area contributed by atoms with Crippen LogP contribution in [0.5, 0.6) is 5.75 Å². The van der Waals surface area contributed by atoms with Crippen LogP contribution in [-0.4, -0.2) is 30.6 Å². The highest BCUT2D eigenvalue weighted by Crippen LogP contribution is 2.41.